The SMILES string of the molecule is OC/C=C\Cc1cccs1. The van der Waals surface area contributed by atoms with Crippen LogP contribution in [0.3, 0.4) is 0 Å². The number of hydrogen-bond donors (Lipinski definition) is 1. The summed E-state index contributed by atoms with van der Waals surface area (Å²) in [6.45, 7) is 0.144. The van der Waals surface area contributed by atoms with Gasteiger partial charge in [0.05, 0.1) is 6.61 Å². The molecule has 0 fully saturated rings. The summed E-state index contributed by atoms with van der Waals surface area (Å²) in [5.41, 5.74) is 0. The predicted molar refractivity (Wildman–Crippen MR) is 44.2 cm³/mol. The van der Waals surface area contributed by atoms with Gasteiger partial charge in [0.2, 0.25) is 0 Å². The second kappa shape index (κ2) is 4.25. The van der Waals surface area contributed by atoms with E-state index in [0.717, 1.165) is 6.42 Å². The molecule has 1 aromatic heterocycles. The van der Waals surface area contributed by atoms with Crippen LogP contribution in [0.15, 0.2) is 29.7 Å². The molecule has 0 spiro atoms. The number of aliphatic hydroxyl groups excluding tert-OH is 1. The van der Waals surface area contributed by atoms with Crippen LogP contribution in [0.4, 0.5) is 0 Å². The predicted octanol–water partition coefficient (Wildman–Crippen LogP) is 1.84. The molecule has 0 saturated carbocycles. The molecule has 0 radical (unpaired) electrons. The first-order valence-electron chi connectivity index (χ1n) is 3.21. The zero-order valence-electron chi connectivity index (χ0n) is 5.66. The van der Waals surface area contributed by atoms with Gasteiger partial charge in [0, 0.05) is 4.88 Å². The molecule has 1 aromatic rings. The summed E-state index contributed by atoms with van der Waals surface area (Å²) in [4.78, 5) is 1.34. The van der Waals surface area contributed by atoms with E-state index in [0.29, 0.717) is 0 Å². The molecule has 54 valence electrons. The molecule has 0 aliphatic rings. The maximum Gasteiger partial charge on any atom is 0.0612 e. The van der Waals surface area contributed by atoms with Crippen LogP contribution in [0.1, 0.15) is 4.88 Å². The molecule has 0 bridgehead atoms. The fourth-order valence-corrected chi connectivity index (χ4v) is 1.38. The fourth-order valence-electron chi connectivity index (χ4n) is 0.703. The Bertz CT molecular complexity index is 189. The molecule has 0 aromatic carbocycles. The summed E-state index contributed by atoms with van der Waals surface area (Å²) in [6, 6.07) is 4.12. The Kier molecular flexibility index (Phi) is 3.19. The Morgan fingerprint density at radius 3 is 3.00 bits per heavy atom. The lowest BCUT2D eigenvalue weighted by Crippen LogP contribution is -1.74. The Balaban J connectivity index is 2.34. The van der Waals surface area contributed by atoms with Crippen LogP contribution in [-0.2, 0) is 6.42 Å². The van der Waals surface area contributed by atoms with Gasteiger partial charge in [-0.1, -0.05) is 18.2 Å². The highest BCUT2D eigenvalue weighted by molar-refractivity contribution is 7.09. The van der Waals surface area contributed by atoms with Gasteiger partial charge < -0.3 is 5.11 Å². The summed E-state index contributed by atoms with van der Waals surface area (Å²) in [5, 5.41) is 10.5. The summed E-state index contributed by atoms with van der Waals surface area (Å²) < 4.78 is 0. The molecule has 2 heteroatoms. The molecule has 0 atom stereocenters. The number of allylic oxidation sites excluding steroid dienone is 1. The fraction of sp³-hybridized carbons (Fsp3) is 0.250. The lowest BCUT2D eigenvalue weighted by atomic mass is 10.3. The molecular formula is C8H10OS. The number of rotatable bonds is 3. The largest absolute Gasteiger partial charge is 0.392 e. The van der Waals surface area contributed by atoms with Crippen molar-refractivity contribution in [2.24, 2.45) is 0 Å². The Labute approximate surface area is 64.6 Å². The molecule has 1 heterocycles. The van der Waals surface area contributed by atoms with Crippen LogP contribution in [0.2, 0.25) is 0 Å². The van der Waals surface area contributed by atoms with Crippen LogP contribution in [0.25, 0.3) is 0 Å². The third-order valence-electron chi connectivity index (χ3n) is 1.17. The van der Waals surface area contributed by atoms with Crippen LogP contribution in [-0.4, -0.2) is 11.7 Å². The standard InChI is InChI=1S/C8H10OS/c9-6-2-1-4-8-5-3-7-10-8/h1-3,5,7,9H,4,6H2/b2-1-. The van der Waals surface area contributed by atoms with Crippen molar-refractivity contribution in [1.82, 2.24) is 0 Å². The second-order valence-corrected chi connectivity index (χ2v) is 2.97. The molecule has 1 rings (SSSR count). The van der Waals surface area contributed by atoms with Crippen molar-refractivity contribution in [2.45, 2.75) is 6.42 Å². The number of thiophene rings is 1. The highest BCUT2D eigenvalue weighted by Gasteiger charge is 1.86. The van der Waals surface area contributed by atoms with Gasteiger partial charge in [-0.25, -0.2) is 0 Å². The van der Waals surface area contributed by atoms with Gasteiger partial charge in [0.25, 0.3) is 0 Å². The zero-order chi connectivity index (χ0) is 7.23. The Morgan fingerprint density at radius 1 is 1.50 bits per heavy atom. The van der Waals surface area contributed by atoms with Gasteiger partial charge >= 0.3 is 0 Å². The molecule has 0 aliphatic carbocycles. The van der Waals surface area contributed by atoms with Crippen molar-refractivity contribution >= 4 is 11.3 Å². The van der Waals surface area contributed by atoms with Crippen molar-refractivity contribution in [1.29, 1.82) is 0 Å². The molecular weight excluding hydrogens is 144 g/mol. The molecule has 1 nitrogen and oxygen atoms in total. The minimum atomic E-state index is 0.144. The lowest BCUT2D eigenvalue weighted by Gasteiger charge is -1.84. The van der Waals surface area contributed by atoms with E-state index in [9.17, 15) is 0 Å². The third kappa shape index (κ3) is 2.33. The zero-order valence-corrected chi connectivity index (χ0v) is 6.47. The average Bonchev–Trinajstić information content (AvgIpc) is 2.41. The van der Waals surface area contributed by atoms with Gasteiger partial charge in [-0.05, 0) is 17.9 Å². The first-order chi connectivity index (χ1) is 4.93. The molecule has 10 heavy (non-hydrogen) atoms. The van der Waals surface area contributed by atoms with E-state index < -0.39 is 0 Å². The molecule has 0 amide bonds. The smallest absolute Gasteiger partial charge is 0.0612 e. The van der Waals surface area contributed by atoms with Gasteiger partial charge in [0.1, 0.15) is 0 Å². The highest BCUT2D eigenvalue weighted by atomic mass is 32.1. The van der Waals surface area contributed by atoms with Crippen LogP contribution < -0.4 is 0 Å². The maximum atomic E-state index is 8.41. The quantitative estimate of drug-likeness (QED) is 0.659. The van der Waals surface area contributed by atoms with Crippen LogP contribution in [0.5, 0.6) is 0 Å². The van der Waals surface area contributed by atoms with Crippen molar-refractivity contribution in [3.05, 3.63) is 34.5 Å². The molecule has 0 unspecified atom stereocenters. The van der Waals surface area contributed by atoms with Crippen molar-refractivity contribution in [3.63, 3.8) is 0 Å². The van der Waals surface area contributed by atoms with E-state index in [1.54, 1.807) is 17.4 Å². The van der Waals surface area contributed by atoms with E-state index in [4.69, 9.17) is 5.11 Å². The third-order valence-corrected chi connectivity index (χ3v) is 2.07. The minimum Gasteiger partial charge on any atom is -0.392 e. The first-order valence-corrected chi connectivity index (χ1v) is 4.09. The van der Waals surface area contributed by atoms with Gasteiger partial charge in [-0.15, -0.1) is 11.3 Å². The van der Waals surface area contributed by atoms with Crippen LogP contribution in [0, 0.1) is 0 Å². The summed E-state index contributed by atoms with van der Waals surface area (Å²) >= 11 is 1.74. The summed E-state index contributed by atoms with van der Waals surface area (Å²) in [7, 11) is 0. The normalized spacial score (nSPS) is 10.9. The van der Waals surface area contributed by atoms with E-state index in [1.165, 1.54) is 4.88 Å². The topological polar surface area (TPSA) is 20.2 Å². The summed E-state index contributed by atoms with van der Waals surface area (Å²) in [5.74, 6) is 0. The monoisotopic (exact) mass is 154 g/mol. The number of hydrogen-bond acceptors (Lipinski definition) is 2. The lowest BCUT2D eigenvalue weighted by molar-refractivity contribution is 0.342. The van der Waals surface area contributed by atoms with Crippen molar-refractivity contribution in [3.8, 4) is 0 Å². The highest BCUT2D eigenvalue weighted by Crippen LogP contribution is 2.08. The summed E-state index contributed by atoms with van der Waals surface area (Å²) in [6.07, 6.45) is 4.68. The van der Waals surface area contributed by atoms with Gasteiger partial charge in [-0.3, -0.25) is 0 Å². The maximum absolute atomic E-state index is 8.41. The molecule has 0 saturated heterocycles. The minimum absolute atomic E-state index is 0.144. The van der Waals surface area contributed by atoms with Gasteiger partial charge in [0.15, 0.2) is 0 Å². The average molecular weight is 154 g/mol. The van der Waals surface area contributed by atoms with Crippen molar-refractivity contribution in [2.75, 3.05) is 6.61 Å². The Morgan fingerprint density at radius 2 is 2.40 bits per heavy atom. The van der Waals surface area contributed by atoms with Crippen LogP contribution >= 0.6 is 11.3 Å². The van der Waals surface area contributed by atoms with E-state index in [-0.39, 0.29) is 6.61 Å². The molecule has 1 N–H and O–H groups in total. The second-order valence-electron chi connectivity index (χ2n) is 1.94. The molecule has 0 aliphatic heterocycles. The van der Waals surface area contributed by atoms with Gasteiger partial charge in [-0.2, -0.15) is 0 Å². The van der Waals surface area contributed by atoms with E-state index in [2.05, 4.69) is 11.4 Å². The Hall–Kier alpha value is -0.600. The van der Waals surface area contributed by atoms with E-state index >= 15 is 0 Å². The van der Waals surface area contributed by atoms with E-state index in [1.807, 2.05) is 12.1 Å². The number of aliphatic hydroxyl groups is 1. The first kappa shape index (κ1) is 7.51. The van der Waals surface area contributed by atoms with Crippen molar-refractivity contribution < 1.29 is 5.11 Å².